The van der Waals surface area contributed by atoms with Gasteiger partial charge in [-0.3, -0.25) is 0 Å². The normalized spacial score (nSPS) is 17.6. The van der Waals surface area contributed by atoms with Crippen LogP contribution in [0.3, 0.4) is 0 Å². The second-order valence-corrected chi connectivity index (χ2v) is 18.8. The molecule has 0 radical (unpaired) electrons. The molecule has 0 fully saturated rings. The molecular weight excluding hydrogens is 508 g/mol. The predicted molar refractivity (Wildman–Crippen MR) is 173 cm³/mol. The van der Waals surface area contributed by atoms with Gasteiger partial charge in [0.1, 0.15) is 17.1 Å². The molecule has 5 heteroatoms. The van der Waals surface area contributed by atoms with E-state index in [4.69, 9.17) is 9.16 Å². The Morgan fingerprint density at radius 2 is 1.57 bits per heavy atom. The van der Waals surface area contributed by atoms with Gasteiger partial charge in [-0.2, -0.15) is 0 Å². The van der Waals surface area contributed by atoms with E-state index in [0.29, 0.717) is 0 Å². The summed E-state index contributed by atoms with van der Waals surface area (Å²) in [4.78, 5) is 4.51. The summed E-state index contributed by atoms with van der Waals surface area (Å²) in [5.74, 6) is 2.26. The summed E-state index contributed by atoms with van der Waals surface area (Å²) >= 11 is 0. The maximum absolute atomic E-state index is 6.87. The van der Waals surface area contributed by atoms with Crippen LogP contribution in [0.2, 0.25) is 18.1 Å². The van der Waals surface area contributed by atoms with Gasteiger partial charge in [-0.25, -0.2) is 4.98 Å². The Hall–Kier alpha value is -2.27. The van der Waals surface area contributed by atoms with Crippen molar-refractivity contribution in [3.63, 3.8) is 0 Å². The van der Waals surface area contributed by atoms with Crippen LogP contribution in [-0.2, 0) is 13.0 Å². The van der Waals surface area contributed by atoms with Crippen LogP contribution in [0.15, 0.2) is 30.6 Å². The third-order valence-corrected chi connectivity index (χ3v) is 14.2. The minimum Gasteiger partial charge on any atom is -0.543 e. The number of para-hydroxylation sites is 2. The number of benzene rings is 2. The van der Waals surface area contributed by atoms with Crippen LogP contribution in [0.25, 0.3) is 11.0 Å². The van der Waals surface area contributed by atoms with Gasteiger partial charge in [0.05, 0.1) is 17.4 Å². The monoisotopic (exact) mass is 562 g/mol. The number of hydrogen-bond acceptors (Lipinski definition) is 3. The molecule has 0 saturated heterocycles. The van der Waals surface area contributed by atoms with E-state index in [9.17, 15) is 0 Å². The standard InChI is InChI=1S/C35H54N2O2Si/c1-26-27(2)33-29(28(3)32(26)39-40(8,9)34(4,5)6)21-23-35(7,38-33)22-17-13-11-10-12-14-18-24-37-25-36-30-19-15-16-20-31(30)37/h15-16,19-20,25H,10-14,17-18,21-24H2,1-9H3. The van der Waals surface area contributed by atoms with Crippen molar-refractivity contribution in [2.24, 2.45) is 0 Å². The molecule has 2 heterocycles. The van der Waals surface area contributed by atoms with E-state index in [-0.39, 0.29) is 10.6 Å². The van der Waals surface area contributed by atoms with Gasteiger partial charge in [-0.1, -0.05) is 65.0 Å². The first-order chi connectivity index (χ1) is 18.8. The summed E-state index contributed by atoms with van der Waals surface area (Å²) in [5.41, 5.74) is 7.48. The number of aromatic nitrogens is 2. The lowest BCUT2D eigenvalue weighted by atomic mass is 9.84. The molecule has 0 amide bonds. The number of rotatable bonds is 12. The summed E-state index contributed by atoms with van der Waals surface area (Å²) in [7, 11) is -1.91. The first-order valence-electron chi connectivity index (χ1n) is 15.7. The number of fused-ring (bicyclic) bond motifs is 2. The zero-order chi connectivity index (χ0) is 29.1. The molecule has 0 spiro atoms. The lowest BCUT2D eigenvalue weighted by Crippen LogP contribution is -2.44. The van der Waals surface area contributed by atoms with E-state index in [1.54, 1.807) is 0 Å². The van der Waals surface area contributed by atoms with Crippen LogP contribution in [0.4, 0.5) is 0 Å². The molecule has 4 rings (SSSR count). The van der Waals surface area contributed by atoms with Crippen molar-refractivity contribution < 1.29 is 9.16 Å². The van der Waals surface area contributed by atoms with E-state index in [2.05, 4.69) is 95.4 Å². The number of imidazole rings is 1. The largest absolute Gasteiger partial charge is 0.543 e. The lowest BCUT2D eigenvalue weighted by Gasteiger charge is -2.41. The van der Waals surface area contributed by atoms with Crippen LogP contribution in [0.1, 0.15) is 108 Å². The molecule has 40 heavy (non-hydrogen) atoms. The van der Waals surface area contributed by atoms with Gasteiger partial charge in [-0.15, -0.1) is 0 Å². The van der Waals surface area contributed by atoms with Crippen LogP contribution < -0.4 is 9.16 Å². The average Bonchev–Trinajstić information content (AvgIpc) is 3.31. The molecule has 1 unspecified atom stereocenters. The molecule has 4 nitrogen and oxygen atoms in total. The Balaban J connectivity index is 1.22. The quantitative estimate of drug-likeness (QED) is 0.163. The Morgan fingerprint density at radius 1 is 0.925 bits per heavy atom. The van der Waals surface area contributed by atoms with Crippen molar-refractivity contribution in [2.45, 2.75) is 143 Å². The molecule has 0 N–H and O–H groups in total. The topological polar surface area (TPSA) is 36.3 Å². The summed E-state index contributed by atoms with van der Waals surface area (Å²) in [5, 5.41) is 0.181. The molecule has 3 aromatic rings. The van der Waals surface area contributed by atoms with Crippen molar-refractivity contribution in [3.05, 3.63) is 52.8 Å². The Bertz CT molecular complexity index is 1300. The highest BCUT2D eigenvalue weighted by molar-refractivity contribution is 6.74. The van der Waals surface area contributed by atoms with Gasteiger partial charge in [0.2, 0.25) is 0 Å². The van der Waals surface area contributed by atoms with Gasteiger partial charge in [-0.05, 0) is 107 Å². The lowest BCUT2D eigenvalue weighted by molar-refractivity contribution is 0.0522. The van der Waals surface area contributed by atoms with Crippen LogP contribution in [0, 0.1) is 20.8 Å². The van der Waals surface area contributed by atoms with Crippen molar-refractivity contribution in [3.8, 4) is 11.5 Å². The Morgan fingerprint density at radius 3 is 2.27 bits per heavy atom. The van der Waals surface area contributed by atoms with Crippen LogP contribution in [-0.4, -0.2) is 23.5 Å². The van der Waals surface area contributed by atoms with Crippen molar-refractivity contribution in [1.82, 2.24) is 9.55 Å². The van der Waals surface area contributed by atoms with E-state index >= 15 is 0 Å². The molecular formula is C35H54N2O2Si. The highest BCUT2D eigenvalue weighted by Gasteiger charge is 2.41. The van der Waals surface area contributed by atoms with Crippen molar-refractivity contribution in [1.29, 1.82) is 0 Å². The summed E-state index contributed by atoms with van der Waals surface area (Å²) in [6.07, 6.45) is 14.4. The third-order valence-electron chi connectivity index (χ3n) is 9.86. The van der Waals surface area contributed by atoms with Crippen LogP contribution >= 0.6 is 0 Å². The minimum absolute atomic E-state index is 0.0635. The molecule has 0 saturated carbocycles. The fourth-order valence-electron chi connectivity index (χ4n) is 5.87. The summed E-state index contributed by atoms with van der Waals surface area (Å²) in [6, 6.07) is 8.42. The molecule has 1 aliphatic heterocycles. The zero-order valence-corrected chi connectivity index (χ0v) is 27.9. The van der Waals surface area contributed by atoms with Gasteiger partial charge >= 0.3 is 0 Å². The molecule has 1 aromatic heterocycles. The van der Waals surface area contributed by atoms with Gasteiger partial charge in [0.25, 0.3) is 8.32 Å². The van der Waals surface area contributed by atoms with E-state index in [0.717, 1.165) is 42.8 Å². The van der Waals surface area contributed by atoms with Gasteiger partial charge in [0, 0.05) is 12.1 Å². The number of hydrogen-bond donors (Lipinski definition) is 0. The maximum atomic E-state index is 6.87. The number of ether oxygens (including phenoxy) is 1. The van der Waals surface area contributed by atoms with Gasteiger partial charge in [0.15, 0.2) is 0 Å². The average molecular weight is 563 g/mol. The highest BCUT2D eigenvalue weighted by Crippen LogP contribution is 2.47. The highest BCUT2D eigenvalue weighted by atomic mass is 28.4. The fourth-order valence-corrected chi connectivity index (χ4v) is 7.00. The van der Waals surface area contributed by atoms with Crippen LogP contribution in [0.5, 0.6) is 11.5 Å². The Kier molecular flexibility index (Phi) is 9.44. The predicted octanol–water partition coefficient (Wildman–Crippen LogP) is 10.3. The molecule has 2 aromatic carbocycles. The minimum atomic E-state index is -1.91. The van der Waals surface area contributed by atoms with Gasteiger partial charge < -0.3 is 13.7 Å². The Labute approximate surface area is 245 Å². The molecule has 0 aliphatic carbocycles. The molecule has 1 atom stereocenters. The SMILES string of the molecule is Cc1c(C)c2c(c(C)c1O[Si](C)(C)C(C)(C)C)CCC(C)(CCCCCCCCCn1cnc3ccccc31)O2. The summed E-state index contributed by atoms with van der Waals surface area (Å²) < 4.78 is 16.0. The molecule has 0 bridgehead atoms. The molecule has 220 valence electrons. The number of nitrogens with zero attached hydrogens (tertiary/aromatic N) is 2. The van der Waals surface area contributed by atoms with Crippen molar-refractivity contribution >= 4 is 19.4 Å². The zero-order valence-electron chi connectivity index (χ0n) is 26.9. The van der Waals surface area contributed by atoms with Crippen molar-refractivity contribution in [2.75, 3.05) is 0 Å². The first kappa shape index (κ1) is 30.7. The number of unbranched alkanes of at least 4 members (excludes halogenated alkanes) is 6. The summed E-state index contributed by atoms with van der Waals surface area (Å²) in [6.45, 7) is 21.7. The molecule has 1 aliphatic rings. The van der Waals surface area contributed by atoms with E-state index < -0.39 is 8.32 Å². The van der Waals surface area contributed by atoms with E-state index in [1.165, 1.54) is 72.7 Å². The maximum Gasteiger partial charge on any atom is 0.250 e. The second-order valence-electron chi connectivity index (χ2n) is 14.1. The van der Waals surface area contributed by atoms with E-state index in [1.807, 2.05) is 6.33 Å². The first-order valence-corrected chi connectivity index (χ1v) is 18.6. The number of aryl methyl sites for hydroxylation is 1. The third kappa shape index (κ3) is 6.78. The second kappa shape index (κ2) is 12.3. The smallest absolute Gasteiger partial charge is 0.250 e. The fraction of sp³-hybridized carbons (Fsp3) is 0.629.